The van der Waals surface area contributed by atoms with Crippen molar-refractivity contribution in [3.8, 4) is 5.75 Å². The van der Waals surface area contributed by atoms with E-state index in [1.165, 1.54) is 0 Å². The smallest absolute Gasteiger partial charge is 0.347 e. The molecule has 0 radical (unpaired) electrons. The second kappa shape index (κ2) is 8.90. The molecule has 1 aliphatic carbocycles. The summed E-state index contributed by atoms with van der Waals surface area (Å²) in [6, 6.07) is 0.960. The summed E-state index contributed by atoms with van der Waals surface area (Å²) < 4.78 is 30.4. The third-order valence-electron chi connectivity index (χ3n) is 5.64. The highest BCUT2D eigenvalue weighted by molar-refractivity contribution is 6.35. The van der Waals surface area contributed by atoms with Crippen molar-refractivity contribution < 1.29 is 37.8 Å². The second-order valence-electron chi connectivity index (χ2n) is 7.64. The zero-order valence-electron chi connectivity index (χ0n) is 17.4. The van der Waals surface area contributed by atoms with Gasteiger partial charge < -0.3 is 14.2 Å². The third-order valence-corrected chi connectivity index (χ3v) is 5.92. The van der Waals surface area contributed by atoms with Crippen LogP contribution in [0, 0.1) is 5.82 Å². The average Bonchev–Trinajstić information content (AvgIpc) is 3.31. The molecule has 2 amide bonds. The highest BCUT2D eigenvalue weighted by Gasteiger charge is 2.45. The first-order valence-electron chi connectivity index (χ1n) is 10.4. The Kier molecular flexibility index (Phi) is 6.19. The summed E-state index contributed by atoms with van der Waals surface area (Å²) >= 11 is 6.12. The van der Waals surface area contributed by atoms with E-state index >= 15 is 4.39 Å². The minimum absolute atomic E-state index is 0.0286. The SMILES string of the molecule is CCOC(=O)CCOC(=O)C1Cc2c(c(Cl)cc(F)c2N2C(=O)C3=C(CCCC3)C2=O)O1. The largest absolute Gasteiger partial charge is 0.476 e. The van der Waals surface area contributed by atoms with E-state index in [-0.39, 0.29) is 48.1 Å². The Bertz CT molecular complexity index is 1020. The maximum atomic E-state index is 15.0. The van der Waals surface area contributed by atoms with Crippen LogP contribution in [0.25, 0.3) is 0 Å². The van der Waals surface area contributed by atoms with Crippen molar-refractivity contribution in [2.24, 2.45) is 0 Å². The van der Waals surface area contributed by atoms with E-state index in [2.05, 4.69) is 0 Å². The average molecular weight is 466 g/mol. The minimum Gasteiger partial charge on any atom is -0.476 e. The number of hydrogen-bond donors (Lipinski definition) is 0. The number of rotatable bonds is 6. The van der Waals surface area contributed by atoms with Crippen molar-refractivity contribution in [2.75, 3.05) is 18.1 Å². The lowest BCUT2D eigenvalue weighted by atomic mass is 9.93. The molecule has 0 saturated heterocycles. The van der Waals surface area contributed by atoms with Gasteiger partial charge in [0.25, 0.3) is 11.8 Å². The van der Waals surface area contributed by atoms with E-state index < -0.39 is 35.7 Å². The van der Waals surface area contributed by atoms with Gasteiger partial charge in [0.1, 0.15) is 18.2 Å². The number of carbonyl (C=O) groups excluding carboxylic acids is 4. The zero-order chi connectivity index (χ0) is 23.0. The summed E-state index contributed by atoms with van der Waals surface area (Å²) in [6.07, 6.45) is 1.11. The van der Waals surface area contributed by atoms with Crippen LogP contribution in [-0.4, -0.2) is 43.1 Å². The molecule has 1 aromatic carbocycles. The standard InChI is InChI=1S/C22H21ClFNO7/c1-2-30-17(26)7-8-31-22(29)16-9-13-18(15(24)10-14(23)19(13)32-16)25-20(27)11-5-3-4-6-12(11)21(25)28/h10,16H,2-9H2,1H3. The number of esters is 2. The summed E-state index contributed by atoms with van der Waals surface area (Å²) in [6.45, 7) is 1.67. The van der Waals surface area contributed by atoms with Gasteiger partial charge in [-0.3, -0.25) is 14.4 Å². The number of fused-ring (bicyclic) bond motifs is 1. The lowest BCUT2D eigenvalue weighted by molar-refractivity contribution is -0.154. The van der Waals surface area contributed by atoms with Gasteiger partial charge in [-0.2, -0.15) is 0 Å². The van der Waals surface area contributed by atoms with E-state index in [9.17, 15) is 19.2 Å². The van der Waals surface area contributed by atoms with Gasteiger partial charge in [-0.05, 0) is 38.7 Å². The van der Waals surface area contributed by atoms with Crippen LogP contribution in [0.3, 0.4) is 0 Å². The summed E-state index contributed by atoms with van der Waals surface area (Å²) in [5.74, 6) is -3.20. The van der Waals surface area contributed by atoms with Crippen molar-refractivity contribution in [2.45, 2.75) is 51.6 Å². The van der Waals surface area contributed by atoms with Crippen LogP contribution >= 0.6 is 11.6 Å². The van der Waals surface area contributed by atoms with Crippen LogP contribution < -0.4 is 9.64 Å². The molecule has 4 rings (SSSR count). The molecule has 3 aliphatic rings. The Hall–Kier alpha value is -2.94. The maximum absolute atomic E-state index is 15.0. The van der Waals surface area contributed by atoms with Gasteiger partial charge in [-0.15, -0.1) is 0 Å². The van der Waals surface area contributed by atoms with Crippen molar-refractivity contribution in [1.82, 2.24) is 0 Å². The van der Waals surface area contributed by atoms with Crippen LogP contribution in [0.2, 0.25) is 5.02 Å². The molecule has 0 fully saturated rings. The number of amides is 2. The fourth-order valence-corrected chi connectivity index (χ4v) is 4.46. The monoisotopic (exact) mass is 465 g/mol. The van der Waals surface area contributed by atoms with E-state index in [0.717, 1.165) is 23.8 Å². The number of carbonyl (C=O) groups is 4. The summed E-state index contributed by atoms with van der Waals surface area (Å²) in [5.41, 5.74) is 0.746. The number of nitrogens with zero attached hydrogens (tertiary/aromatic N) is 1. The Balaban J connectivity index is 1.55. The Labute approximate surface area is 188 Å². The van der Waals surface area contributed by atoms with Gasteiger partial charge in [-0.25, -0.2) is 14.1 Å². The number of imide groups is 1. The first-order valence-corrected chi connectivity index (χ1v) is 10.8. The first-order chi connectivity index (χ1) is 15.3. The van der Waals surface area contributed by atoms with E-state index in [1.54, 1.807) is 6.92 Å². The molecule has 1 aromatic rings. The molecule has 170 valence electrons. The first kappa shape index (κ1) is 22.3. The van der Waals surface area contributed by atoms with Gasteiger partial charge >= 0.3 is 11.9 Å². The summed E-state index contributed by atoms with van der Waals surface area (Å²) in [7, 11) is 0. The van der Waals surface area contributed by atoms with Crippen molar-refractivity contribution in [3.05, 3.63) is 33.6 Å². The summed E-state index contributed by atoms with van der Waals surface area (Å²) in [5, 5.41) is -0.0834. The predicted octanol–water partition coefficient (Wildman–Crippen LogP) is 3.02. The van der Waals surface area contributed by atoms with Crippen molar-refractivity contribution in [3.63, 3.8) is 0 Å². The molecular weight excluding hydrogens is 445 g/mol. The quantitative estimate of drug-likeness (QED) is 0.470. The maximum Gasteiger partial charge on any atom is 0.347 e. The molecule has 2 aliphatic heterocycles. The number of anilines is 1. The molecule has 32 heavy (non-hydrogen) atoms. The zero-order valence-corrected chi connectivity index (χ0v) is 18.1. The van der Waals surface area contributed by atoms with Crippen LogP contribution in [-0.2, 0) is 35.1 Å². The number of halogens is 2. The third kappa shape index (κ3) is 3.85. The van der Waals surface area contributed by atoms with Gasteiger partial charge in [0.2, 0.25) is 0 Å². The van der Waals surface area contributed by atoms with E-state index in [4.69, 9.17) is 25.8 Å². The molecule has 1 atom stereocenters. The highest BCUT2D eigenvalue weighted by atomic mass is 35.5. The van der Waals surface area contributed by atoms with Crippen molar-refractivity contribution in [1.29, 1.82) is 0 Å². The van der Waals surface area contributed by atoms with Crippen molar-refractivity contribution >= 4 is 41.0 Å². The second-order valence-corrected chi connectivity index (χ2v) is 8.05. The van der Waals surface area contributed by atoms with Crippen LogP contribution in [0.5, 0.6) is 5.75 Å². The number of hydrogen-bond acceptors (Lipinski definition) is 7. The molecule has 0 spiro atoms. The number of benzene rings is 1. The lowest BCUT2D eigenvalue weighted by Gasteiger charge is -2.19. The molecular formula is C22H21ClFNO7. The van der Waals surface area contributed by atoms with E-state index in [1.807, 2.05) is 0 Å². The molecule has 0 N–H and O–H groups in total. The van der Waals surface area contributed by atoms with Gasteiger partial charge in [0.05, 0.1) is 23.7 Å². The molecule has 1 unspecified atom stereocenters. The molecule has 8 nitrogen and oxygen atoms in total. The van der Waals surface area contributed by atoms with E-state index in [0.29, 0.717) is 24.0 Å². The lowest BCUT2D eigenvalue weighted by Crippen LogP contribution is -2.33. The minimum atomic E-state index is -1.15. The molecule has 0 saturated carbocycles. The summed E-state index contributed by atoms with van der Waals surface area (Å²) in [4.78, 5) is 50.5. The van der Waals surface area contributed by atoms with Crippen LogP contribution in [0.4, 0.5) is 10.1 Å². The molecule has 2 heterocycles. The predicted molar refractivity (Wildman–Crippen MR) is 110 cm³/mol. The topological polar surface area (TPSA) is 99.2 Å². The highest BCUT2D eigenvalue weighted by Crippen LogP contribution is 2.46. The molecule has 10 heteroatoms. The normalized spacial score (nSPS) is 19.6. The van der Waals surface area contributed by atoms with Gasteiger partial charge in [0.15, 0.2) is 6.10 Å². The fraction of sp³-hybridized carbons (Fsp3) is 0.455. The van der Waals surface area contributed by atoms with Crippen LogP contribution in [0.1, 0.15) is 44.6 Å². The Morgan fingerprint density at radius 2 is 1.84 bits per heavy atom. The van der Waals surface area contributed by atoms with Crippen LogP contribution in [0.15, 0.2) is 17.2 Å². The molecule has 0 aromatic heterocycles. The van der Waals surface area contributed by atoms with Gasteiger partial charge in [0, 0.05) is 23.1 Å². The number of ether oxygens (including phenoxy) is 3. The van der Waals surface area contributed by atoms with Gasteiger partial charge in [-0.1, -0.05) is 11.6 Å². The Morgan fingerprint density at radius 3 is 2.47 bits per heavy atom. The fourth-order valence-electron chi connectivity index (χ4n) is 4.20. The molecule has 0 bridgehead atoms. The Morgan fingerprint density at radius 1 is 1.19 bits per heavy atom.